The number of carbonyl (C=O) groups excluding carboxylic acids is 3. The molecule has 2 unspecified atom stereocenters. The van der Waals surface area contributed by atoms with E-state index in [4.69, 9.17) is 57.6 Å². The van der Waals surface area contributed by atoms with Gasteiger partial charge in [0.05, 0.1) is 55.6 Å². The number of likely N-dealkylation sites (N-methyl/N-ethyl adjacent to an activating group) is 3. The van der Waals surface area contributed by atoms with Crippen LogP contribution in [0.5, 0.6) is 0 Å². The van der Waals surface area contributed by atoms with Crippen LogP contribution >= 0.6 is 35.3 Å². The first-order valence-corrected chi connectivity index (χ1v) is 46.1. The summed E-state index contributed by atoms with van der Waals surface area (Å²) in [6, 6.07) is -7.81. The van der Waals surface area contributed by atoms with Gasteiger partial charge in [-0.2, -0.15) is 54.5 Å². The molecule has 0 aliphatic heterocycles. The van der Waals surface area contributed by atoms with Gasteiger partial charge < -0.3 is 43.1 Å². The minimum atomic E-state index is -5.43. The van der Waals surface area contributed by atoms with Crippen molar-refractivity contribution in [3.05, 3.63) is 350 Å². The summed E-state index contributed by atoms with van der Waals surface area (Å²) in [6.45, 7) is -20.4. The van der Waals surface area contributed by atoms with E-state index < -0.39 is 415 Å². The zero-order chi connectivity index (χ0) is 145. The van der Waals surface area contributed by atoms with Crippen molar-refractivity contribution in [3.63, 3.8) is 0 Å². The summed E-state index contributed by atoms with van der Waals surface area (Å²) in [5.74, 6) is -9.53. The molecule has 0 saturated heterocycles. The molecule has 0 fully saturated rings. The maximum atomic E-state index is 15.0. The average Bonchev–Trinajstić information content (AvgIpc) is 1.52. The molecule has 15 rings (SSSR count). The second-order valence-electron chi connectivity index (χ2n) is 31.2. The molecule has 9 aromatic carbocycles. The minimum absolute atomic E-state index is 0.0211. The molecule has 0 saturated carbocycles. The number of hydrogen-bond donors (Lipinski definition) is 0. The standard InChI is InChI=1S/3C37H40F4N4O2S/c1-4-43(5-2)18-19-44(22-26-6-10-28(11-7-26)29-12-14-30(15-13-29)37(39,40)41)34(46)23-45-33-21-25(3)20-32(33)35(47)42-36(45)48-24-27-8-16-31(38)17-9-27;1-4-43(5-2)21-22-44(25(3)27-11-13-28(14-12-27)29-15-17-30(18-16-29)37(39,40)41)34(46)23-45-33-8-6-7-32(33)35(47)42-36(45)48-24-26-9-19-31(38)20-10-26;1-4-43(5-2)19-20-44(22-26-9-13-28(14-10-26)29-15-18-32(25(3)21-29)37(39,40)41)34(46)23-45-33-8-6-7-31(33)35(47)42-36(45)48-24-27-11-16-30(38)17-12-27/h6-17,25H,4-5,18-24H2,1-3H3;9-20,25H,4-8,21-24H2,1-3H3;9-18,21H,4-8,19-20,22-24H2,1-3H3/i4D2,5D2,6D,7D,10D,11D,12D,13D,14D,15D,20D2,21D2,22D2,24D2,25D;4D2,5D2,9D,10D,19D,20D,24D2,25D;4D2,5D2,9D,10D,13D,14D,15D,18D,21D,22D2,24D2. The first-order chi connectivity index (χ1) is 86.8. The number of thioether (sulfide) groups is 3. The third-order valence-corrected chi connectivity index (χ3v) is 24.4. The van der Waals surface area contributed by atoms with E-state index in [0.717, 1.165) is 126 Å². The van der Waals surface area contributed by atoms with Crippen molar-refractivity contribution in [3.8, 4) is 33.4 Å². The lowest BCUT2D eigenvalue weighted by Crippen LogP contribution is -2.42. The highest BCUT2D eigenvalue weighted by molar-refractivity contribution is 7.98. The smallest absolute Gasteiger partial charge is 0.336 e. The van der Waals surface area contributed by atoms with Gasteiger partial charge in [-0.3, -0.25) is 28.8 Å². The van der Waals surface area contributed by atoms with Gasteiger partial charge in [0.15, 0.2) is 15.5 Å². The van der Waals surface area contributed by atoms with Gasteiger partial charge >= 0.3 is 18.5 Å². The molecule has 3 aliphatic rings. The minimum Gasteiger partial charge on any atom is -0.336 e. The summed E-state index contributed by atoms with van der Waals surface area (Å²) in [4.78, 5) is 99.9. The molecular weight excluding hydrogens is 1920 g/mol. The van der Waals surface area contributed by atoms with Crippen molar-refractivity contribution in [2.45, 2.75) is 203 Å². The molecule has 3 heterocycles. The molecule has 0 radical (unpaired) electrons. The van der Waals surface area contributed by atoms with Crippen molar-refractivity contribution in [2.75, 3.05) is 78.2 Å². The molecule has 0 spiro atoms. The zero-order valence-electron chi connectivity index (χ0n) is 125. The highest BCUT2D eigenvalue weighted by atomic mass is 32.2. The van der Waals surface area contributed by atoms with E-state index in [2.05, 4.69) is 15.0 Å². The van der Waals surface area contributed by atoms with Gasteiger partial charge in [0, 0.05) is 135 Å². The summed E-state index contributed by atoms with van der Waals surface area (Å²) in [7, 11) is 0. The van der Waals surface area contributed by atoms with Gasteiger partial charge in [-0.1, -0.05) is 229 Å². The van der Waals surface area contributed by atoms with Gasteiger partial charge in [-0.25, -0.2) is 13.2 Å². The number of halogens is 12. The van der Waals surface area contributed by atoms with Crippen LogP contribution in [-0.2, 0) is 121 Å². The topological polar surface area (TPSA) is 175 Å². The second-order valence-corrected chi connectivity index (χ2v) is 33.5. The Balaban J connectivity index is 0.000000232. The predicted molar refractivity (Wildman–Crippen MR) is 544 cm³/mol. The number of fused-ring (bicyclic) bond motifs is 3. The van der Waals surface area contributed by atoms with Crippen LogP contribution < -0.4 is 16.7 Å². The number of hydrogen-bond acceptors (Lipinski definition) is 15. The Morgan fingerprint density at radius 1 is 0.424 bits per heavy atom. The van der Waals surface area contributed by atoms with E-state index in [1.54, 1.807) is 12.1 Å². The first-order valence-electron chi connectivity index (χ1n) is 67.2. The quantitative estimate of drug-likeness (QED) is 0.0202. The maximum Gasteiger partial charge on any atom is 0.416 e. The molecule has 3 aliphatic carbocycles. The highest BCUT2D eigenvalue weighted by Gasteiger charge is 2.36. The number of benzene rings is 9. The Kier molecular flexibility index (Phi) is 21.7. The van der Waals surface area contributed by atoms with Crippen LogP contribution in [0.4, 0.5) is 52.7 Å². The molecule has 0 N–H and O–H groups in total. The Morgan fingerprint density at radius 3 is 1.22 bits per heavy atom. The molecule has 3 amide bonds. The lowest BCUT2D eigenvalue weighted by Gasteiger charge is -2.33. The van der Waals surface area contributed by atoms with E-state index in [1.807, 2.05) is 0 Å². The highest BCUT2D eigenvalue weighted by Crippen LogP contribution is 2.39. The van der Waals surface area contributed by atoms with Gasteiger partial charge in [0.1, 0.15) is 37.1 Å². The summed E-state index contributed by atoms with van der Waals surface area (Å²) in [5, 5.41) is -1.63. The van der Waals surface area contributed by atoms with Crippen LogP contribution in [0.3, 0.4) is 0 Å². The molecule has 3 aromatic heterocycles. The largest absolute Gasteiger partial charge is 0.416 e. The second kappa shape index (κ2) is 50.3. The summed E-state index contributed by atoms with van der Waals surface area (Å²) >= 11 is 0.615. The lowest BCUT2D eigenvalue weighted by molar-refractivity contribution is -0.138. The molecule has 0 bridgehead atoms. The van der Waals surface area contributed by atoms with Crippen molar-refractivity contribution >= 4 is 53.0 Å². The van der Waals surface area contributed by atoms with Crippen LogP contribution in [0.15, 0.2) is 242 Å². The Hall–Kier alpha value is -11.9. The van der Waals surface area contributed by atoms with E-state index >= 15 is 0 Å². The Labute approximate surface area is 910 Å². The normalized spacial score (nSPS) is 20.8. The average molecular weight is 2090 g/mol. The van der Waals surface area contributed by atoms with E-state index in [1.165, 1.54) is 40.3 Å². The van der Waals surface area contributed by atoms with Crippen molar-refractivity contribution in [1.82, 2.24) is 58.1 Å². The summed E-state index contributed by atoms with van der Waals surface area (Å²) < 4.78 is 571. The molecule has 12 aromatic rings. The van der Waals surface area contributed by atoms with Crippen LogP contribution in [0.25, 0.3) is 33.4 Å². The van der Waals surface area contributed by atoms with Crippen molar-refractivity contribution in [2.24, 2.45) is 5.89 Å². The molecule has 762 valence electrons. The van der Waals surface area contributed by atoms with E-state index in [-0.39, 0.29) is 97.9 Å². The Morgan fingerprint density at radius 2 is 0.799 bits per heavy atom. The molecule has 2 atom stereocenters. The van der Waals surface area contributed by atoms with Crippen LogP contribution in [-0.4, -0.2) is 154 Å². The SMILES string of the molecule is [2H]c1c([2H])c(C(F)(F)F)c([2H])c([2H])c1-c1c([2H])c([2H])c(C([2H])([2H])N(CCN(C([2H])([2H])C)C([2H])([2H])C)C(=O)Cn2c(SC([2H])([2H])c3ccc(F)cc3)nc(=O)c3c2C([2H])([2H])C([2H])(C)C3([2H])[2H])c([2H])c1[2H].[2H]c1c([2H])c(C([2H])([2H])N(CCN(C([2H])([2H])C)C([2H])([2H])C)C(=O)Cn2c(SC([2H])([2H])c3ccc(F)cc3)nc(=O)c3c2CCC3)c([2H])c([2H])c1-c1c([2H])c([2H])c(C(F)(F)F)c(C)c1[2H].[2H]c1c([2H])c(C([2H])([2H])Sc2nc(=O)c3c(n2CC(=O)N(CCN(C([2H])([2H])C)C([2H])([2H])C)C([2H])(C)c2ccc(-c4ccc(C(F)(F)F)cc4)cc2)CCC3)c([2H])c([2H])c1F. The van der Waals surface area contributed by atoms with Crippen LogP contribution in [0.2, 0.25) is 0 Å². The molecule has 33 heteroatoms. The van der Waals surface area contributed by atoms with Crippen LogP contribution in [0, 0.1) is 30.3 Å². The number of aromatic nitrogens is 6. The monoisotopic (exact) mass is 2090 g/mol. The van der Waals surface area contributed by atoms with Gasteiger partial charge in [-0.15, -0.1) is 0 Å². The summed E-state index contributed by atoms with van der Waals surface area (Å²) in [5.41, 5.74) is -24.0. The van der Waals surface area contributed by atoms with E-state index in [0.29, 0.717) is 60.7 Å². The van der Waals surface area contributed by atoms with Gasteiger partial charge in [0.25, 0.3) is 16.7 Å². The van der Waals surface area contributed by atoms with Gasteiger partial charge in [-0.05, 0) is 249 Å². The maximum absolute atomic E-state index is 15.0. The fourth-order valence-corrected chi connectivity index (χ4v) is 16.8. The number of nitrogens with zero attached hydrogens (tertiary/aromatic N) is 12. The lowest BCUT2D eigenvalue weighted by atomic mass is 9.98. The van der Waals surface area contributed by atoms with Crippen molar-refractivity contribution < 1.29 is 131 Å². The van der Waals surface area contributed by atoms with Crippen LogP contribution in [0.1, 0.15) is 228 Å². The van der Waals surface area contributed by atoms with E-state index in [9.17, 15) is 88.3 Å². The summed E-state index contributed by atoms with van der Waals surface area (Å²) in [6.07, 6.45) is -19.8. The predicted octanol–water partition coefficient (Wildman–Crippen LogP) is 22.8. The fourth-order valence-electron chi connectivity index (χ4n) is 14.6. The number of amides is 3. The van der Waals surface area contributed by atoms with Crippen molar-refractivity contribution in [1.29, 1.82) is 0 Å². The first kappa shape index (κ1) is 62.2. The van der Waals surface area contributed by atoms with Gasteiger partial charge in [0.2, 0.25) is 17.7 Å². The molecule has 18 nitrogen and oxygen atoms in total. The fraction of sp³-hybridized carbons (Fsp3) is 0.378. The number of rotatable bonds is 39. The molecular formula is C111H120F12N12O6S3. The Bertz CT molecular complexity index is 9090. The number of alkyl halides is 9. The number of carbonyl (C=O) groups is 3. The third-order valence-electron chi connectivity index (χ3n) is 21.9. The zero-order valence-corrected chi connectivity index (χ0v) is 80.4. The molecule has 144 heavy (non-hydrogen) atoms. The third kappa shape index (κ3) is 29.1.